The molecule has 6 nitrogen and oxygen atoms in total. The number of halogens is 5. The van der Waals surface area contributed by atoms with Crippen molar-refractivity contribution in [1.29, 1.82) is 0 Å². The highest BCUT2D eigenvalue weighted by molar-refractivity contribution is 7.14. The van der Waals surface area contributed by atoms with Gasteiger partial charge in [0.05, 0.1) is 16.6 Å². The summed E-state index contributed by atoms with van der Waals surface area (Å²) in [5.41, 5.74) is 6.11. The van der Waals surface area contributed by atoms with Crippen LogP contribution in [0.15, 0.2) is 24.7 Å². The topological polar surface area (TPSA) is 85.3 Å². The summed E-state index contributed by atoms with van der Waals surface area (Å²) in [6.07, 6.45) is -0.761. The number of aryl methyl sites for hydroxylation is 1. The molecule has 0 unspecified atom stereocenters. The van der Waals surface area contributed by atoms with Gasteiger partial charge in [-0.2, -0.15) is 18.3 Å². The number of carbonyl (C=O) groups is 1. The molecule has 0 aromatic carbocycles. The van der Waals surface area contributed by atoms with Crippen molar-refractivity contribution in [3.63, 3.8) is 0 Å². The van der Waals surface area contributed by atoms with Crippen LogP contribution in [-0.2, 0) is 12.6 Å². The average molecular weight is 473 g/mol. The van der Waals surface area contributed by atoms with Gasteiger partial charge in [0.1, 0.15) is 6.04 Å². The molecule has 4 rings (SSSR count). The third-order valence-corrected chi connectivity index (χ3v) is 6.82. The van der Waals surface area contributed by atoms with Gasteiger partial charge in [-0.1, -0.05) is 6.92 Å². The number of amides is 1. The van der Waals surface area contributed by atoms with E-state index in [2.05, 4.69) is 15.4 Å². The van der Waals surface area contributed by atoms with Crippen molar-refractivity contribution in [3.05, 3.63) is 40.0 Å². The molecule has 3 N–H and O–H groups in total. The number of hydrogen-bond acceptors (Lipinski definition) is 5. The molecule has 3 heterocycles. The Bertz CT molecular complexity index is 1160. The minimum atomic E-state index is -4.56. The lowest BCUT2D eigenvalue weighted by atomic mass is 9.87. The monoisotopic (exact) mass is 473 g/mol. The van der Waals surface area contributed by atoms with Gasteiger partial charge >= 0.3 is 6.18 Å². The molecule has 0 spiro atoms. The van der Waals surface area contributed by atoms with Crippen LogP contribution >= 0.6 is 11.3 Å². The van der Waals surface area contributed by atoms with Crippen LogP contribution in [0.5, 0.6) is 0 Å². The minimum absolute atomic E-state index is 0.193. The molecule has 12 heteroatoms. The van der Waals surface area contributed by atoms with E-state index in [1.807, 2.05) is 6.92 Å². The standard InChI is InChI=1S/C20H20F5N5OS/c1-2-14-11(12-8-28-30-9-10(20(23,24)25)7-27-17(12)30)6-15(32-14)18(31)29-16-13(26)4-3-5-19(16,21)22/h6-9,13,16H,2-5,26H2,1H3,(H,29,31)/t13-,16-/m1/s1. The lowest BCUT2D eigenvalue weighted by molar-refractivity contribution is -0.138. The van der Waals surface area contributed by atoms with E-state index in [1.54, 1.807) is 0 Å². The van der Waals surface area contributed by atoms with Crippen molar-refractivity contribution in [2.45, 2.75) is 56.8 Å². The van der Waals surface area contributed by atoms with Crippen LogP contribution in [-0.4, -0.2) is 38.5 Å². The summed E-state index contributed by atoms with van der Waals surface area (Å²) in [6, 6.07) is -0.778. The number of aromatic nitrogens is 3. The molecule has 0 radical (unpaired) electrons. The normalized spacial score (nSPS) is 21.1. The quantitative estimate of drug-likeness (QED) is 0.554. The summed E-state index contributed by atoms with van der Waals surface area (Å²) in [5.74, 6) is -3.76. The van der Waals surface area contributed by atoms with E-state index in [0.717, 1.165) is 33.1 Å². The first-order valence-corrected chi connectivity index (χ1v) is 10.8. The zero-order chi connectivity index (χ0) is 23.3. The molecule has 1 amide bonds. The second kappa shape index (κ2) is 8.07. The number of carbonyl (C=O) groups excluding carboxylic acids is 1. The van der Waals surface area contributed by atoms with Gasteiger partial charge in [-0.3, -0.25) is 4.79 Å². The summed E-state index contributed by atoms with van der Waals surface area (Å²) in [5, 5.41) is 6.35. The molecular formula is C20H20F5N5OS. The van der Waals surface area contributed by atoms with Crippen LogP contribution < -0.4 is 11.1 Å². The van der Waals surface area contributed by atoms with Crippen molar-refractivity contribution >= 4 is 22.9 Å². The predicted octanol–water partition coefficient (Wildman–Crippen LogP) is 4.28. The second-order valence-electron chi connectivity index (χ2n) is 7.74. The molecular weight excluding hydrogens is 453 g/mol. The van der Waals surface area contributed by atoms with Gasteiger partial charge in [0.25, 0.3) is 11.8 Å². The molecule has 32 heavy (non-hydrogen) atoms. The smallest absolute Gasteiger partial charge is 0.341 e. The van der Waals surface area contributed by atoms with Crippen LogP contribution in [0, 0.1) is 0 Å². The summed E-state index contributed by atoms with van der Waals surface area (Å²) < 4.78 is 68.4. The van der Waals surface area contributed by atoms with E-state index in [0.29, 0.717) is 30.4 Å². The van der Waals surface area contributed by atoms with Crippen LogP contribution in [0.2, 0.25) is 0 Å². The van der Waals surface area contributed by atoms with Crippen LogP contribution in [0.1, 0.15) is 46.3 Å². The Morgan fingerprint density at radius 2 is 2.09 bits per heavy atom. The fourth-order valence-electron chi connectivity index (χ4n) is 3.88. The first-order valence-electron chi connectivity index (χ1n) is 9.99. The summed E-state index contributed by atoms with van der Waals surface area (Å²) >= 11 is 1.13. The molecule has 0 bridgehead atoms. The maximum absolute atomic E-state index is 14.3. The SMILES string of the molecule is CCc1sc(C(=O)N[C@@H]2[C@H](N)CCCC2(F)F)cc1-c1cnn2cc(C(F)(F)F)cnc12. The van der Waals surface area contributed by atoms with Gasteiger partial charge in [0, 0.05) is 40.9 Å². The first kappa shape index (κ1) is 22.6. The Morgan fingerprint density at radius 1 is 1.34 bits per heavy atom. The van der Waals surface area contributed by atoms with Crippen molar-refractivity contribution in [1.82, 2.24) is 19.9 Å². The highest BCUT2D eigenvalue weighted by Gasteiger charge is 2.46. The minimum Gasteiger partial charge on any atom is -0.341 e. The van der Waals surface area contributed by atoms with Gasteiger partial charge in [-0.05, 0) is 25.3 Å². The van der Waals surface area contributed by atoms with E-state index in [1.165, 1.54) is 12.3 Å². The Hall–Kier alpha value is -2.60. The Morgan fingerprint density at radius 3 is 2.75 bits per heavy atom. The Labute approximate surface area is 183 Å². The fraction of sp³-hybridized carbons (Fsp3) is 0.450. The van der Waals surface area contributed by atoms with Gasteiger partial charge in [-0.25, -0.2) is 18.3 Å². The van der Waals surface area contributed by atoms with Crippen LogP contribution in [0.25, 0.3) is 16.8 Å². The van der Waals surface area contributed by atoms with Crippen molar-refractivity contribution in [2.24, 2.45) is 5.73 Å². The van der Waals surface area contributed by atoms with Crippen LogP contribution in [0.4, 0.5) is 22.0 Å². The molecule has 1 saturated carbocycles. The lowest BCUT2D eigenvalue weighted by Gasteiger charge is -2.36. The van der Waals surface area contributed by atoms with Gasteiger partial charge in [0.2, 0.25) is 0 Å². The van der Waals surface area contributed by atoms with E-state index >= 15 is 0 Å². The van der Waals surface area contributed by atoms with Gasteiger partial charge < -0.3 is 11.1 Å². The van der Waals surface area contributed by atoms with Crippen molar-refractivity contribution in [3.8, 4) is 11.1 Å². The summed E-state index contributed by atoms with van der Waals surface area (Å²) in [6.45, 7) is 1.85. The molecule has 1 fully saturated rings. The fourth-order valence-corrected chi connectivity index (χ4v) is 4.89. The number of alkyl halides is 5. The molecule has 3 aromatic heterocycles. The molecule has 1 aliphatic carbocycles. The number of hydrogen-bond donors (Lipinski definition) is 2. The number of thiophene rings is 1. The zero-order valence-corrected chi connectivity index (χ0v) is 17.7. The van der Waals surface area contributed by atoms with Gasteiger partial charge in [-0.15, -0.1) is 11.3 Å². The third kappa shape index (κ3) is 4.08. The molecule has 0 aliphatic heterocycles. The van der Waals surface area contributed by atoms with E-state index < -0.39 is 35.7 Å². The van der Waals surface area contributed by atoms with Crippen molar-refractivity contribution in [2.75, 3.05) is 0 Å². The molecule has 1 aliphatic rings. The molecule has 2 atom stereocenters. The maximum Gasteiger partial charge on any atom is 0.419 e. The molecule has 3 aromatic rings. The second-order valence-corrected chi connectivity index (χ2v) is 8.87. The Kier molecular flexibility index (Phi) is 5.70. The molecule has 172 valence electrons. The maximum atomic E-state index is 14.3. The van der Waals surface area contributed by atoms with E-state index in [9.17, 15) is 26.7 Å². The largest absolute Gasteiger partial charge is 0.419 e. The predicted molar refractivity (Wildman–Crippen MR) is 109 cm³/mol. The number of nitrogens with two attached hydrogens (primary N) is 1. The number of nitrogens with one attached hydrogen (secondary N) is 1. The summed E-state index contributed by atoms with van der Waals surface area (Å²) in [7, 11) is 0. The van der Waals surface area contributed by atoms with Gasteiger partial charge in [0.15, 0.2) is 5.65 Å². The number of fused-ring (bicyclic) bond motifs is 1. The molecule has 0 saturated heterocycles. The summed E-state index contributed by atoms with van der Waals surface area (Å²) in [4.78, 5) is 17.6. The first-order chi connectivity index (χ1) is 15.0. The highest BCUT2D eigenvalue weighted by atomic mass is 32.1. The van der Waals surface area contributed by atoms with E-state index in [-0.39, 0.29) is 16.9 Å². The zero-order valence-electron chi connectivity index (χ0n) is 16.9. The van der Waals surface area contributed by atoms with Crippen molar-refractivity contribution < 1.29 is 26.7 Å². The van der Waals surface area contributed by atoms with E-state index in [4.69, 9.17) is 5.73 Å². The third-order valence-electron chi connectivity index (χ3n) is 5.55. The highest BCUT2D eigenvalue weighted by Crippen LogP contribution is 2.37. The lowest BCUT2D eigenvalue weighted by Crippen LogP contribution is -2.59. The average Bonchev–Trinajstić information content (AvgIpc) is 3.33. The number of nitrogens with zero attached hydrogens (tertiary/aromatic N) is 3. The number of rotatable bonds is 4. The Balaban J connectivity index is 1.66. The van der Waals surface area contributed by atoms with Crippen LogP contribution in [0.3, 0.4) is 0 Å².